The second kappa shape index (κ2) is 18.6. The van der Waals surface area contributed by atoms with Crippen LogP contribution < -0.4 is 11.5 Å². The van der Waals surface area contributed by atoms with Gasteiger partial charge in [0, 0.05) is 112 Å². The molecule has 4 aromatic rings. The molecule has 0 unspecified atom stereocenters. The van der Waals surface area contributed by atoms with Gasteiger partial charge in [-0.1, -0.05) is 47.9 Å². The Morgan fingerprint density at radius 1 is 0.726 bits per heavy atom. The molecule has 4 fully saturated rings. The molecule has 0 aliphatic carbocycles. The van der Waals surface area contributed by atoms with E-state index in [0.29, 0.717) is 96.0 Å². The van der Waals surface area contributed by atoms with Crippen LogP contribution in [0.2, 0.25) is 0 Å². The van der Waals surface area contributed by atoms with Gasteiger partial charge in [-0.3, -0.25) is 19.2 Å². The predicted octanol–water partition coefficient (Wildman–Crippen LogP) is 1.53. The molecule has 16 nitrogen and oxygen atoms in total. The molecule has 4 aliphatic rings. The van der Waals surface area contributed by atoms with Gasteiger partial charge in [0.05, 0.1) is 0 Å². The van der Waals surface area contributed by atoms with Crippen molar-refractivity contribution in [3.8, 4) is 46.5 Å². The molecule has 320 valence electrons. The number of likely N-dealkylation sites (tertiary alicyclic amines) is 2. The van der Waals surface area contributed by atoms with Crippen LogP contribution in [0.15, 0.2) is 60.9 Å². The Morgan fingerprint density at radius 3 is 1.48 bits per heavy atom. The third-order valence-electron chi connectivity index (χ3n) is 11.3. The van der Waals surface area contributed by atoms with Crippen molar-refractivity contribution in [1.82, 2.24) is 29.7 Å². The third-order valence-corrected chi connectivity index (χ3v) is 11.3. The average molecular weight is 841 g/mol. The van der Waals surface area contributed by atoms with Gasteiger partial charge < -0.3 is 41.0 Å². The first-order valence-corrected chi connectivity index (χ1v) is 20.4. The molecular formula is C46H48N8O8. The lowest BCUT2D eigenvalue weighted by Gasteiger charge is -2.13. The summed E-state index contributed by atoms with van der Waals surface area (Å²) in [6, 6.07) is 14.2. The molecule has 6 heterocycles. The van der Waals surface area contributed by atoms with E-state index in [2.05, 4.69) is 43.6 Å². The number of hydrogen-bond acceptors (Lipinski definition) is 12. The van der Waals surface area contributed by atoms with E-state index in [0.717, 1.165) is 26.1 Å². The number of primary amides is 2. The summed E-state index contributed by atoms with van der Waals surface area (Å²) in [4.78, 5) is 68.8. The second-order valence-electron chi connectivity index (χ2n) is 16.1. The van der Waals surface area contributed by atoms with Crippen molar-refractivity contribution in [2.24, 2.45) is 23.3 Å². The summed E-state index contributed by atoms with van der Waals surface area (Å²) in [5, 5.41) is 20.9. The Labute approximate surface area is 359 Å². The molecule has 16 heteroatoms. The van der Waals surface area contributed by atoms with Gasteiger partial charge in [-0.05, 0) is 61.8 Å². The molecule has 0 bridgehead atoms. The smallest absolute Gasteiger partial charge is 0.267 e. The Balaban J connectivity index is 0.000000186. The first-order chi connectivity index (χ1) is 29.7. The van der Waals surface area contributed by atoms with Crippen molar-refractivity contribution < 1.29 is 38.9 Å². The number of nitrogens with two attached hydrogens (primary N) is 2. The SMILES string of the molecule is CN1CC[C@@](O)(C#Cc2cccc(-c3ncc(C[C@@H]4CCOC4)c(C(N)=O)n3)c2)C1=O.CN1CC[C@@](O)(C#Cc2cccc(-c3ncc(C[C@H]4CCOC4)c(C(N)=O)n3)c2)C1=O. The van der Waals surface area contributed by atoms with Crippen molar-refractivity contribution in [2.75, 3.05) is 53.6 Å². The van der Waals surface area contributed by atoms with Gasteiger partial charge in [0.1, 0.15) is 11.4 Å². The van der Waals surface area contributed by atoms with Gasteiger partial charge in [0.2, 0.25) is 11.2 Å². The summed E-state index contributed by atoms with van der Waals surface area (Å²) in [6.07, 6.45) is 7.00. The van der Waals surface area contributed by atoms with E-state index in [4.69, 9.17) is 20.9 Å². The number of amides is 4. The monoisotopic (exact) mass is 840 g/mol. The highest BCUT2D eigenvalue weighted by Crippen LogP contribution is 2.26. The van der Waals surface area contributed by atoms with Crippen LogP contribution in [0.4, 0.5) is 0 Å². The first kappa shape index (κ1) is 43.5. The minimum absolute atomic E-state index is 0.210. The van der Waals surface area contributed by atoms with Crippen molar-refractivity contribution in [2.45, 2.75) is 49.7 Å². The molecule has 2 aromatic carbocycles. The summed E-state index contributed by atoms with van der Waals surface area (Å²) < 4.78 is 10.8. The number of hydrogen-bond donors (Lipinski definition) is 4. The van der Waals surface area contributed by atoms with Crippen LogP contribution >= 0.6 is 0 Å². The maximum Gasteiger partial charge on any atom is 0.267 e. The Kier molecular flexibility index (Phi) is 13.1. The van der Waals surface area contributed by atoms with Gasteiger partial charge >= 0.3 is 0 Å². The third kappa shape index (κ3) is 9.96. The molecule has 4 atom stereocenters. The molecule has 0 spiro atoms. The van der Waals surface area contributed by atoms with Crippen LogP contribution in [0.1, 0.15) is 68.9 Å². The number of rotatable bonds is 8. The second-order valence-corrected chi connectivity index (χ2v) is 16.1. The summed E-state index contributed by atoms with van der Waals surface area (Å²) >= 11 is 0. The van der Waals surface area contributed by atoms with Gasteiger partial charge in [0.15, 0.2) is 11.6 Å². The fourth-order valence-electron chi connectivity index (χ4n) is 7.69. The molecule has 4 aliphatic heterocycles. The average Bonchev–Trinajstić information content (AvgIpc) is 4.09. The van der Waals surface area contributed by atoms with E-state index in [1.54, 1.807) is 75.0 Å². The van der Waals surface area contributed by atoms with E-state index in [9.17, 15) is 29.4 Å². The summed E-state index contributed by atoms with van der Waals surface area (Å²) in [7, 11) is 3.28. The van der Waals surface area contributed by atoms with Gasteiger partial charge in [-0.15, -0.1) is 0 Å². The van der Waals surface area contributed by atoms with Crippen molar-refractivity contribution >= 4 is 23.6 Å². The zero-order valence-electron chi connectivity index (χ0n) is 34.6. The van der Waals surface area contributed by atoms with Crippen LogP contribution in [0.5, 0.6) is 0 Å². The summed E-state index contributed by atoms with van der Waals surface area (Å²) in [6.45, 7) is 3.69. The molecule has 2 aromatic heterocycles. The lowest BCUT2D eigenvalue weighted by atomic mass is 9.98. The highest BCUT2D eigenvalue weighted by molar-refractivity contribution is 5.93. The zero-order valence-corrected chi connectivity index (χ0v) is 34.6. The number of ether oxygens (including phenoxy) is 2. The molecule has 62 heavy (non-hydrogen) atoms. The number of aromatic nitrogens is 4. The van der Waals surface area contributed by atoms with E-state index in [1.807, 2.05) is 0 Å². The normalized spacial score (nSPS) is 23.0. The number of carbonyl (C=O) groups excluding carboxylic acids is 4. The number of likely N-dealkylation sites (N-methyl/N-ethyl adjacent to an activating group) is 2. The number of benzene rings is 2. The van der Waals surface area contributed by atoms with Gasteiger partial charge in [-0.2, -0.15) is 0 Å². The van der Waals surface area contributed by atoms with Crippen LogP contribution in [-0.4, -0.2) is 128 Å². The number of aliphatic hydroxyl groups is 2. The molecule has 8 rings (SSSR count). The van der Waals surface area contributed by atoms with Crippen LogP contribution in [0, 0.1) is 35.5 Å². The maximum atomic E-state index is 12.1. The van der Waals surface area contributed by atoms with Crippen molar-refractivity contribution in [3.05, 3.63) is 94.6 Å². The zero-order chi connectivity index (χ0) is 44.0. The van der Waals surface area contributed by atoms with Crippen molar-refractivity contribution in [1.29, 1.82) is 0 Å². The fraction of sp³-hybridized carbons (Fsp3) is 0.391. The van der Waals surface area contributed by atoms with E-state index >= 15 is 0 Å². The first-order valence-electron chi connectivity index (χ1n) is 20.4. The molecule has 0 saturated carbocycles. The Hall–Kier alpha value is -6.56. The highest BCUT2D eigenvalue weighted by Gasteiger charge is 2.43. The molecule has 6 N–H and O–H groups in total. The van der Waals surface area contributed by atoms with Crippen LogP contribution in [0.25, 0.3) is 22.8 Å². The topological polar surface area (TPSA) is 237 Å². The number of carbonyl (C=O) groups is 4. The molecular weight excluding hydrogens is 793 g/mol. The lowest BCUT2D eigenvalue weighted by Crippen LogP contribution is -2.37. The quantitative estimate of drug-likeness (QED) is 0.185. The van der Waals surface area contributed by atoms with E-state index in [-0.39, 0.29) is 24.2 Å². The largest absolute Gasteiger partial charge is 0.381 e. The number of nitrogens with zero attached hydrogens (tertiary/aromatic N) is 6. The Morgan fingerprint density at radius 2 is 1.15 bits per heavy atom. The maximum absolute atomic E-state index is 12.1. The Bertz CT molecular complexity index is 2340. The predicted molar refractivity (Wildman–Crippen MR) is 225 cm³/mol. The van der Waals surface area contributed by atoms with Gasteiger partial charge in [0.25, 0.3) is 23.6 Å². The molecule has 4 amide bonds. The molecule has 0 radical (unpaired) electrons. The summed E-state index contributed by atoms with van der Waals surface area (Å²) in [5.74, 6) is 10.5. The van der Waals surface area contributed by atoms with Crippen molar-refractivity contribution in [3.63, 3.8) is 0 Å². The standard InChI is InChI=1S/2C23H24N4O4/c2*1-27-9-8-23(30,22(27)29)7-5-15-3-2-4-17(11-15)21-25-13-18(19(26-21)20(24)28)12-16-6-10-31-14-16/h2*2-4,11,13,16,30H,6,8-10,12,14H2,1H3,(H2,24,28)/t16-,23+;16-,23-/m10/s1. The summed E-state index contributed by atoms with van der Waals surface area (Å²) in [5.41, 5.74) is 12.2. The minimum atomic E-state index is -1.66. The minimum Gasteiger partial charge on any atom is -0.381 e. The lowest BCUT2D eigenvalue weighted by molar-refractivity contribution is -0.138. The molecule has 4 saturated heterocycles. The van der Waals surface area contributed by atoms with E-state index < -0.39 is 34.8 Å². The van der Waals surface area contributed by atoms with Gasteiger partial charge in [-0.25, -0.2) is 19.9 Å². The fourth-order valence-corrected chi connectivity index (χ4v) is 7.69. The highest BCUT2D eigenvalue weighted by atomic mass is 16.5. The van der Waals surface area contributed by atoms with Crippen LogP contribution in [-0.2, 0) is 31.9 Å². The van der Waals surface area contributed by atoms with E-state index in [1.165, 1.54) is 9.80 Å². The van der Waals surface area contributed by atoms with Crippen LogP contribution in [0.3, 0.4) is 0 Å².